The van der Waals surface area contributed by atoms with Gasteiger partial charge in [-0.25, -0.2) is 0 Å². The number of hydrogen-bond acceptors (Lipinski definition) is 6. The number of likely N-dealkylation sites (tertiary alicyclic amines) is 1. The molecule has 6 heteroatoms. The molecule has 1 saturated carbocycles. The molecule has 3 heterocycles. The average molecular weight is 366 g/mol. The van der Waals surface area contributed by atoms with Crippen molar-refractivity contribution in [1.29, 1.82) is 0 Å². The van der Waals surface area contributed by atoms with Crippen LogP contribution in [0.25, 0.3) is 0 Å². The highest BCUT2D eigenvalue weighted by atomic mass is 32.1. The van der Waals surface area contributed by atoms with Crippen LogP contribution in [0.3, 0.4) is 0 Å². The SMILES string of the molecule is COC[C@@]12CC[C@@H](N3CCOCC3)C[C@H]1CCN(Cc1cncs1)C2. The Kier molecular flexibility index (Phi) is 5.72. The minimum absolute atomic E-state index is 0.348. The summed E-state index contributed by atoms with van der Waals surface area (Å²) >= 11 is 1.77. The molecule has 0 spiro atoms. The number of ether oxygens (including phenoxy) is 2. The molecule has 1 aliphatic carbocycles. The average Bonchev–Trinajstić information content (AvgIpc) is 3.15. The summed E-state index contributed by atoms with van der Waals surface area (Å²) in [6, 6.07) is 0.756. The van der Waals surface area contributed by atoms with E-state index in [9.17, 15) is 0 Å². The van der Waals surface area contributed by atoms with Crippen LogP contribution in [0.5, 0.6) is 0 Å². The fourth-order valence-corrected chi connectivity index (χ4v) is 5.96. The molecule has 0 amide bonds. The van der Waals surface area contributed by atoms with E-state index >= 15 is 0 Å². The number of piperidine rings is 1. The highest BCUT2D eigenvalue weighted by Crippen LogP contribution is 2.48. The van der Waals surface area contributed by atoms with Gasteiger partial charge in [0.1, 0.15) is 0 Å². The fourth-order valence-electron chi connectivity index (χ4n) is 5.32. The maximum Gasteiger partial charge on any atom is 0.0794 e. The largest absolute Gasteiger partial charge is 0.384 e. The Hall–Kier alpha value is -0.530. The lowest BCUT2D eigenvalue weighted by molar-refractivity contribution is -0.0869. The number of fused-ring (bicyclic) bond motifs is 1. The Balaban J connectivity index is 1.42. The highest BCUT2D eigenvalue weighted by molar-refractivity contribution is 7.09. The number of aromatic nitrogens is 1. The summed E-state index contributed by atoms with van der Waals surface area (Å²) in [5, 5.41) is 0. The molecule has 3 aliphatic rings. The summed E-state index contributed by atoms with van der Waals surface area (Å²) in [6.07, 6.45) is 7.29. The number of methoxy groups -OCH3 is 1. The van der Waals surface area contributed by atoms with Crippen LogP contribution in [-0.2, 0) is 16.0 Å². The van der Waals surface area contributed by atoms with Crippen LogP contribution < -0.4 is 0 Å². The molecular weight excluding hydrogens is 334 g/mol. The van der Waals surface area contributed by atoms with E-state index in [0.29, 0.717) is 5.41 Å². The zero-order valence-corrected chi connectivity index (χ0v) is 16.2. The molecule has 0 bridgehead atoms. The molecule has 1 aromatic heterocycles. The minimum Gasteiger partial charge on any atom is -0.384 e. The molecule has 25 heavy (non-hydrogen) atoms. The van der Waals surface area contributed by atoms with Crippen LogP contribution in [0.2, 0.25) is 0 Å². The lowest BCUT2D eigenvalue weighted by Crippen LogP contribution is -2.56. The topological polar surface area (TPSA) is 37.8 Å². The van der Waals surface area contributed by atoms with Gasteiger partial charge < -0.3 is 9.47 Å². The fraction of sp³-hybridized carbons (Fsp3) is 0.842. The molecule has 0 aromatic carbocycles. The Morgan fingerprint density at radius 3 is 2.96 bits per heavy atom. The van der Waals surface area contributed by atoms with Crippen molar-refractivity contribution in [3.05, 3.63) is 16.6 Å². The smallest absolute Gasteiger partial charge is 0.0794 e. The number of rotatable bonds is 5. The number of morpholine rings is 1. The molecule has 5 nitrogen and oxygen atoms in total. The summed E-state index contributed by atoms with van der Waals surface area (Å²) < 4.78 is 11.3. The van der Waals surface area contributed by atoms with Gasteiger partial charge in [0, 0.05) is 55.8 Å². The molecular formula is C19H31N3O2S. The molecule has 1 aromatic rings. The van der Waals surface area contributed by atoms with E-state index in [0.717, 1.165) is 51.4 Å². The maximum absolute atomic E-state index is 5.74. The van der Waals surface area contributed by atoms with Crippen molar-refractivity contribution in [2.45, 2.75) is 38.3 Å². The van der Waals surface area contributed by atoms with Gasteiger partial charge in [-0.05, 0) is 38.1 Å². The maximum atomic E-state index is 5.74. The lowest BCUT2D eigenvalue weighted by Gasteiger charge is -2.54. The minimum atomic E-state index is 0.348. The Bertz CT molecular complexity index is 535. The first-order chi connectivity index (χ1) is 12.3. The van der Waals surface area contributed by atoms with Crippen LogP contribution in [0.1, 0.15) is 30.6 Å². The second kappa shape index (κ2) is 8.01. The second-order valence-electron chi connectivity index (χ2n) is 8.04. The van der Waals surface area contributed by atoms with E-state index < -0.39 is 0 Å². The van der Waals surface area contributed by atoms with Gasteiger partial charge >= 0.3 is 0 Å². The molecule has 3 fully saturated rings. The molecule has 2 saturated heterocycles. The molecule has 0 unspecified atom stereocenters. The Morgan fingerprint density at radius 2 is 2.20 bits per heavy atom. The normalized spacial score (nSPS) is 34.8. The number of hydrogen-bond donors (Lipinski definition) is 0. The zero-order chi connectivity index (χ0) is 17.1. The van der Waals surface area contributed by atoms with Gasteiger partial charge in [0.25, 0.3) is 0 Å². The third-order valence-corrected chi connectivity index (χ3v) is 7.35. The second-order valence-corrected chi connectivity index (χ2v) is 9.01. The summed E-state index contributed by atoms with van der Waals surface area (Å²) in [4.78, 5) is 10.9. The molecule has 2 aliphatic heterocycles. The monoisotopic (exact) mass is 365 g/mol. The van der Waals surface area contributed by atoms with Crippen molar-refractivity contribution in [3.8, 4) is 0 Å². The first kappa shape index (κ1) is 17.9. The lowest BCUT2D eigenvalue weighted by atomic mass is 9.62. The van der Waals surface area contributed by atoms with Gasteiger partial charge in [0.05, 0.1) is 25.3 Å². The van der Waals surface area contributed by atoms with Gasteiger partial charge in [-0.3, -0.25) is 14.8 Å². The van der Waals surface area contributed by atoms with Gasteiger partial charge in [-0.1, -0.05) is 0 Å². The van der Waals surface area contributed by atoms with E-state index in [1.165, 1.54) is 43.6 Å². The Labute approximate surface area is 155 Å². The van der Waals surface area contributed by atoms with Gasteiger partial charge in [-0.2, -0.15) is 0 Å². The van der Waals surface area contributed by atoms with Crippen molar-refractivity contribution in [2.75, 3.05) is 53.1 Å². The molecule has 4 rings (SSSR count). The van der Waals surface area contributed by atoms with E-state index in [4.69, 9.17) is 9.47 Å². The van der Waals surface area contributed by atoms with Gasteiger partial charge in [-0.15, -0.1) is 11.3 Å². The van der Waals surface area contributed by atoms with Crippen molar-refractivity contribution >= 4 is 11.3 Å². The summed E-state index contributed by atoms with van der Waals surface area (Å²) in [5.41, 5.74) is 2.29. The van der Waals surface area contributed by atoms with Crippen LogP contribution in [0.15, 0.2) is 11.7 Å². The van der Waals surface area contributed by atoms with Crippen molar-refractivity contribution < 1.29 is 9.47 Å². The Morgan fingerprint density at radius 1 is 1.32 bits per heavy atom. The van der Waals surface area contributed by atoms with E-state index in [1.54, 1.807) is 11.3 Å². The third-order valence-electron chi connectivity index (χ3n) is 6.59. The molecule has 3 atom stereocenters. The first-order valence-electron chi connectivity index (χ1n) is 9.69. The van der Waals surface area contributed by atoms with E-state index in [1.807, 2.05) is 18.8 Å². The van der Waals surface area contributed by atoms with Crippen LogP contribution in [0.4, 0.5) is 0 Å². The van der Waals surface area contributed by atoms with Crippen molar-refractivity contribution in [2.24, 2.45) is 11.3 Å². The van der Waals surface area contributed by atoms with Crippen LogP contribution in [0, 0.1) is 11.3 Å². The van der Waals surface area contributed by atoms with E-state index in [2.05, 4.69) is 14.8 Å². The standard InChI is InChI=1S/C19H31N3O2S/c1-23-14-19-4-2-17(22-6-8-24-9-7-22)10-16(19)3-5-21(13-19)12-18-11-20-15-25-18/h11,15-17H,2-10,12-14H2,1H3/t16-,17-,19+/m1/s1. The van der Waals surface area contributed by atoms with Crippen LogP contribution >= 0.6 is 11.3 Å². The predicted octanol–water partition coefficient (Wildman–Crippen LogP) is 2.48. The van der Waals surface area contributed by atoms with Crippen molar-refractivity contribution in [3.63, 3.8) is 0 Å². The predicted molar refractivity (Wildman–Crippen MR) is 99.8 cm³/mol. The zero-order valence-electron chi connectivity index (χ0n) is 15.4. The first-order valence-corrected chi connectivity index (χ1v) is 10.6. The molecule has 0 N–H and O–H groups in total. The third kappa shape index (κ3) is 3.93. The van der Waals surface area contributed by atoms with Crippen LogP contribution in [-0.4, -0.2) is 73.9 Å². The highest BCUT2D eigenvalue weighted by Gasteiger charge is 2.47. The van der Waals surface area contributed by atoms with Crippen molar-refractivity contribution in [1.82, 2.24) is 14.8 Å². The summed E-state index contributed by atoms with van der Waals surface area (Å²) in [7, 11) is 1.88. The number of nitrogens with zero attached hydrogens (tertiary/aromatic N) is 3. The quantitative estimate of drug-likeness (QED) is 0.801. The molecule has 140 valence electrons. The summed E-state index contributed by atoms with van der Waals surface area (Å²) in [5.74, 6) is 0.798. The summed E-state index contributed by atoms with van der Waals surface area (Å²) in [6.45, 7) is 8.41. The van der Waals surface area contributed by atoms with E-state index in [-0.39, 0.29) is 0 Å². The van der Waals surface area contributed by atoms with Gasteiger partial charge in [0.2, 0.25) is 0 Å². The molecule has 0 radical (unpaired) electrons. The number of thiazole rings is 1. The van der Waals surface area contributed by atoms with Gasteiger partial charge in [0.15, 0.2) is 0 Å².